The van der Waals surface area contributed by atoms with Crippen molar-refractivity contribution in [3.8, 4) is 11.4 Å². The second-order valence-electron chi connectivity index (χ2n) is 8.16. The fourth-order valence-corrected chi connectivity index (χ4v) is 4.36. The number of nitrogens with zero attached hydrogens (tertiary/aromatic N) is 3. The Morgan fingerprint density at radius 2 is 1.79 bits per heavy atom. The standard InChI is InChI=1S/C27H28BrN5O/c1-5-18-9-7-10-19(6-2)24(18)31-26(34)20-12-13-22(17(3)15-20)30-27-29-16-21(28)25(32-27)23-11-8-14-33(23)4/h7-16H,5-6H2,1-4H3,(H,31,34)(H,29,30,32). The van der Waals surface area contributed by atoms with E-state index in [-0.39, 0.29) is 5.91 Å². The van der Waals surface area contributed by atoms with Crippen molar-refractivity contribution in [2.75, 3.05) is 10.6 Å². The third-order valence-corrected chi connectivity index (χ3v) is 6.48. The van der Waals surface area contributed by atoms with Crippen LogP contribution in [0.5, 0.6) is 0 Å². The van der Waals surface area contributed by atoms with E-state index in [0.29, 0.717) is 11.5 Å². The Balaban J connectivity index is 1.56. The van der Waals surface area contributed by atoms with E-state index in [9.17, 15) is 4.79 Å². The van der Waals surface area contributed by atoms with E-state index in [2.05, 4.69) is 57.5 Å². The summed E-state index contributed by atoms with van der Waals surface area (Å²) in [5, 5.41) is 6.43. The number of anilines is 3. The molecule has 0 atom stereocenters. The number of aryl methyl sites for hydroxylation is 4. The van der Waals surface area contributed by atoms with E-state index in [1.807, 2.05) is 61.1 Å². The normalized spacial score (nSPS) is 10.9. The highest BCUT2D eigenvalue weighted by molar-refractivity contribution is 9.10. The Bertz CT molecular complexity index is 1320. The van der Waals surface area contributed by atoms with Gasteiger partial charge < -0.3 is 15.2 Å². The molecule has 0 spiro atoms. The smallest absolute Gasteiger partial charge is 0.255 e. The third-order valence-electron chi connectivity index (χ3n) is 5.90. The van der Waals surface area contributed by atoms with Crippen LogP contribution in [-0.4, -0.2) is 20.4 Å². The first kappa shape index (κ1) is 23.7. The van der Waals surface area contributed by atoms with Crippen LogP contribution in [-0.2, 0) is 19.9 Å². The summed E-state index contributed by atoms with van der Waals surface area (Å²) in [6.07, 6.45) is 5.45. The van der Waals surface area contributed by atoms with Gasteiger partial charge in [0.05, 0.1) is 10.2 Å². The first-order valence-corrected chi connectivity index (χ1v) is 12.1. The quantitative estimate of drug-likeness (QED) is 0.287. The zero-order valence-electron chi connectivity index (χ0n) is 19.8. The molecule has 2 N–H and O–H groups in total. The summed E-state index contributed by atoms with van der Waals surface area (Å²) in [4.78, 5) is 22.2. The van der Waals surface area contributed by atoms with E-state index in [1.54, 1.807) is 6.20 Å². The molecule has 0 fully saturated rings. The molecule has 4 aromatic rings. The lowest BCUT2D eigenvalue weighted by atomic mass is 10.0. The van der Waals surface area contributed by atoms with Gasteiger partial charge in [-0.15, -0.1) is 0 Å². The minimum Gasteiger partial charge on any atom is -0.349 e. The van der Waals surface area contributed by atoms with Crippen LogP contribution in [0.1, 0.15) is 40.9 Å². The Morgan fingerprint density at radius 3 is 2.41 bits per heavy atom. The Morgan fingerprint density at radius 1 is 1.06 bits per heavy atom. The average molecular weight is 518 g/mol. The number of carbonyl (C=O) groups excluding carboxylic acids is 1. The van der Waals surface area contributed by atoms with E-state index >= 15 is 0 Å². The van der Waals surface area contributed by atoms with Crippen LogP contribution in [0.15, 0.2) is 65.4 Å². The third kappa shape index (κ3) is 4.89. The number of hydrogen-bond acceptors (Lipinski definition) is 4. The predicted molar refractivity (Wildman–Crippen MR) is 142 cm³/mol. The van der Waals surface area contributed by atoms with Gasteiger partial charge in [0.1, 0.15) is 5.69 Å². The molecule has 1 amide bonds. The summed E-state index contributed by atoms with van der Waals surface area (Å²) in [5.41, 5.74) is 7.39. The zero-order valence-corrected chi connectivity index (χ0v) is 21.4. The van der Waals surface area contributed by atoms with E-state index in [4.69, 9.17) is 4.98 Å². The fourth-order valence-electron chi connectivity index (χ4n) is 3.97. The highest BCUT2D eigenvalue weighted by Crippen LogP contribution is 2.29. The van der Waals surface area contributed by atoms with Gasteiger partial charge in [-0.25, -0.2) is 9.97 Å². The van der Waals surface area contributed by atoms with Crippen LogP contribution in [0.2, 0.25) is 0 Å². The number of nitrogens with one attached hydrogen (secondary N) is 2. The van der Waals surface area contributed by atoms with Crippen LogP contribution in [0.25, 0.3) is 11.4 Å². The lowest BCUT2D eigenvalue weighted by Gasteiger charge is -2.15. The number of carbonyl (C=O) groups is 1. The van der Waals surface area contributed by atoms with Crippen LogP contribution < -0.4 is 10.6 Å². The number of halogens is 1. The van der Waals surface area contributed by atoms with Crippen LogP contribution in [0, 0.1) is 6.92 Å². The molecule has 6 nitrogen and oxygen atoms in total. The number of rotatable bonds is 7. The van der Waals surface area contributed by atoms with Gasteiger partial charge in [0.25, 0.3) is 5.91 Å². The van der Waals surface area contributed by atoms with Crippen molar-refractivity contribution < 1.29 is 4.79 Å². The summed E-state index contributed by atoms with van der Waals surface area (Å²) in [6.45, 7) is 6.17. The van der Waals surface area contributed by atoms with Gasteiger partial charge in [-0.3, -0.25) is 4.79 Å². The number of benzene rings is 2. The Hall–Kier alpha value is -3.45. The van der Waals surface area contributed by atoms with Gasteiger partial charge >= 0.3 is 0 Å². The minimum atomic E-state index is -0.115. The maximum atomic E-state index is 13.1. The van der Waals surface area contributed by atoms with E-state index in [1.165, 1.54) is 0 Å². The van der Waals surface area contributed by atoms with Gasteiger partial charge in [0.2, 0.25) is 5.95 Å². The summed E-state index contributed by atoms with van der Waals surface area (Å²) in [6, 6.07) is 15.8. The molecule has 174 valence electrons. The molecule has 7 heteroatoms. The number of hydrogen-bond donors (Lipinski definition) is 2. The Kier molecular flexibility index (Phi) is 7.12. The molecule has 0 bridgehead atoms. The molecule has 0 aliphatic heterocycles. The lowest BCUT2D eigenvalue weighted by molar-refractivity contribution is 0.102. The molecule has 0 aliphatic rings. The predicted octanol–water partition coefficient (Wildman–Crippen LogP) is 6.67. The van der Waals surface area contributed by atoms with Crippen molar-refractivity contribution in [1.82, 2.24) is 14.5 Å². The number of amides is 1. The monoisotopic (exact) mass is 517 g/mol. The first-order chi connectivity index (χ1) is 16.4. The molecule has 0 unspecified atom stereocenters. The van der Waals surface area contributed by atoms with Crippen LogP contribution in [0.4, 0.5) is 17.3 Å². The van der Waals surface area contributed by atoms with Gasteiger partial charge in [-0.05, 0) is 82.7 Å². The SMILES string of the molecule is CCc1cccc(CC)c1NC(=O)c1ccc(Nc2ncc(Br)c(-c3cccn3C)n2)c(C)c1. The fraction of sp³-hybridized carbons (Fsp3) is 0.222. The Labute approximate surface area is 208 Å². The molecular formula is C27H28BrN5O. The summed E-state index contributed by atoms with van der Waals surface area (Å²) in [7, 11) is 1.98. The first-order valence-electron chi connectivity index (χ1n) is 11.3. The molecular weight excluding hydrogens is 490 g/mol. The largest absolute Gasteiger partial charge is 0.349 e. The zero-order chi connectivity index (χ0) is 24.2. The van der Waals surface area contributed by atoms with Crippen LogP contribution >= 0.6 is 15.9 Å². The lowest BCUT2D eigenvalue weighted by Crippen LogP contribution is -2.15. The van der Waals surface area contributed by atoms with Crippen molar-refractivity contribution >= 4 is 39.2 Å². The van der Waals surface area contributed by atoms with Gasteiger partial charge in [0.15, 0.2) is 0 Å². The molecule has 2 aromatic heterocycles. The van der Waals surface area contributed by atoms with Gasteiger partial charge in [-0.1, -0.05) is 32.0 Å². The number of para-hydroxylation sites is 1. The molecule has 0 aliphatic carbocycles. The van der Waals surface area contributed by atoms with Crippen molar-refractivity contribution in [2.24, 2.45) is 7.05 Å². The minimum absolute atomic E-state index is 0.115. The maximum Gasteiger partial charge on any atom is 0.255 e. The highest BCUT2D eigenvalue weighted by Gasteiger charge is 2.14. The molecule has 0 saturated carbocycles. The maximum absolute atomic E-state index is 13.1. The molecule has 0 radical (unpaired) electrons. The molecule has 4 rings (SSSR count). The topological polar surface area (TPSA) is 71.8 Å². The highest BCUT2D eigenvalue weighted by atomic mass is 79.9. The van der Waals surface area contributed by atoms with Crippen molar-refractivity contribution in [1.29, 1.82) is 0 Å². The average Bonchev–Trinajstić information content (AvgIpc) is 3.27. The number of aromatic nitrogens is 3. The summed E-state index contributed by atoms with van der Waals surface area (Å²) in [5.74, 6) is 0.375. The molecule has 0 saturated heterocycles. The summed E-state index contributed by atoms with van der Waals surface area (Å²) >= 11 is 3.55. The summed E-state index contributed by atoms with van der Waals surface area (Å²) < 4.78 is 2.83. The van der Waals surface area contributed by atoms with Gasteiger partial charge in [-0.2, -0.15) is 0 Å². The molecule has 2 heterocycles. The van der Waals surface area contributed by atoms with Crippen LogP contribution in [0.3, 0.4) is 0 Å². The molecule has 34 heavy (non-hydrogen) atoms. The second kappa shape index (κ2) is 10.2. The van der Waals surface area contributed by atoms with Crippen molar-refractivity contribution in [3.05, 3.63) is 87.7 Å². The van der Waals surface area contributed by atoms with E-state index in [0.717, 1.165) is 56.8 Å². The van der Waals surface area contributed by atoms with Crippen molar-refractivity contribution in [2.45, 2.75) is 33.6 Å². The van der Waals surface area contributed by atoms with E-state index < -0.39 is 0 Å². The second-order valence-corrected chi connectivity index (χ2v) is 9.02. The van der Waals surface area contributed by atoms with Gasteiger partial charge in [0, 0.05) is 36.4 Å². The molecule has 2 aromatic carbocycles. The van der Waals surface area contributed by atoms with Crippen molar-refractivity contribution in [3.63, 3.8) is 0 Å².